The summed E-state index contributed by atoms with van der Waals surface area (Å²) in [4.78, 5) is 22.7. The number of nitro benzene ring substituents is 1. The van der Waals surface area contributed by atoms with Crippen LogP contribution in [0.3, 0.4) is 0 Å². The van der Waals surface area contributed by atoms with Gasteiger partial charge in [-0.3, -0.25) is 14.9 Å². The van der Waals surface area contributed by atoms with Crippen molar-refractivity contribution >= 4 is 46.1 Å². The molecule has 2 rings (SSSR count). The van der Waals surface area contributed by atoms with Gasteiger partial charge >= 0.3 is 0 Å². The molecule has 0 heterocycles. The number of rotatable bonds is 5. The normalized spacial score (nSPS) is 10.6. The maximum atomic E-state index is 12.0. The van der Waals surface area contributed by atoms with Gasteiger partial charge in [-0.05, 0) is 23.8 Å². The summed E-state index contributed by atoms with van der Waals surface area (Å²) in [6.45, 7) is 7.49. The van der Waals surface area contributed by atoms with Gasteiger partial charge in [-0.1, -0.05) is 49.7 Å². The third-order valence-corrected chi connectivity index (χ3v) is 4.22. The number of benzene rings is 2. The largest absolute Gasteiger partial charge is 0.325 e. The minimum absolute atomic E-state index is 0.123. The second-order valence-corrected chi connectivity index (χ2v) is 6.52. The topological polar surface area (TPSA) is 72.2 Å². The number of hydrogen-bond donors (Lipinski definition) is 1. The Kier molecular flexibility index (Phi) is 5.82. The zero-order chi connectivity index (χ0) is 18.7. The van der Waals surface area contributed by atoms with E-state index in [0.717, 1.165) is 0 Å². The van der Waals surface area contributed by atoms with Gasteiger partial charge in [0.25, 0.3) is 5.69 Å². The van der Waals surface area contributed by atoms with E-state index in [9.17, 15) is 14.9 Å². The van der Waals surface area contributed by atoms with Crippen molar-refractivity contribution in [3.63, 3.8) is 0 Å². The minimum atomic E-state index is -0.515. The van der Waals surface area contributed by atoms with Crippen LogP contribution >= 0.6 is 23.2 Å². The van der Waals surface area contributed by atoms with E-state index in [1.807, 2.05) is 0 Å². The molecule has 7 heteroatoms. The van der Waals surface area contributed by atoms with Gasteiger partial charge in [-0.25, -0.2) is 0 Å². The molecule has 0 saturated carbocycles. The lowest BCUT2D eigenvalue weighted by atomic mass is 9.97. The fourth-order valence-electron chi connectivity index (χ4n) is 2.20. The quantitative estimate of drug-likeness (QED) is 0.546. The fourth-order valence-corrected chi connectivity index (χ4v) is 2.83. The number of carbonyl (C=O) groups excluding carboxylic acids is 1. The summed E-state index contributed by atoms with van der Waals surface area (Å²) in [5, 5.41) is 14.6. The van der Waals surface area contributed by atoms with Crippen molar-refractivity contribution < 1.29 is 9.72 Å². The van der Waals surface area contributed by atoms with Gasteiger partial charge in [0.1, 0.15) is 0 Å². The van der Waals surface area contributed by atoms with E-state index in [4.69, 9.17) is 23.2 Å². The van der Waals surface area contributed by atoms with Crippen LogP contribution in [-0.4, -0.2) is 10.8 Å². The highest BCUT2D eigenvalue weighted by molar-refractivity contribution is 6.38. The van der Waals surface area contributed by atoms with Gasteiger partial charge in [0.15, 0.2) is 0 Å². The summed E-state index contributed by atoms with van der Waals surface area (Å²) in [5.41, 5.74) is 1.52. The Morgan fingerprint density at radius 1 is 1.20 bits per heavy atom. The van der Waals surface area contributed by atoms with Crippen molar-refractivity contribution in [2.75, 3.05) is 5.32 Å². The van der Waals surface area contributed by atoms with Crippen LogP contribution in [0.1, 0.15) is 25.0 Å². The molecule has 1 amide bonds. The molecule has 130 valence electrons. The first kappa shape index (κ1) is 19.0. The second kappa shape index (κ2) is 7.68. The SMILES string of the molecule is C=C(c1cc([N+](=O)[O-])ccc1NC(=O)C(C)C)c1c(Cl)cccc1Cl. The molecule has 0 aliphatic heterocycles. The lowest BCUT2D eigenvalue weighted by Gasteiger charge is -2.16. The summed E-state index contributed by atoms with van der Waals surface area (Å²) in [5.74, 6) is -0.464. The van der Waals surface area contributed by atoms with Gasteiger partial charge in [0, 0.05) is 44.9 Å². The zero-order valence-electron chi connectivity index (χ0n) is 13.7. The standard InChI is InChI=1S/C18H16Cl2N2O3/c1-10(2)18(23)21-16-8-7-12(22(24)25)9-13(16)11(3)17-14(19)5-4-6-15(17)20/h4-10H,3H2,1-2H3,(H,21,23). The van der Waals surface area contributed by atoms with E-state index in [2.05, 4.69) is 11.9 Å². The highest BCUT2D eigenvalue weighted by atomic mass is 35.5. The molecule has 0 aliphatic rings. The highest BCUT2D eigenvalue weighted by Gasteiger charge is 2.19. The molecule has 2 aromatic rings. The Bertz CT molecular complexity index is 843. The smallest absolute Gasteiger partial charge is 0.270 e. The first-order valence-electron chi connectivity index (χ1n) is 7.45. The van der Waals surface area contributed by atoms with Crippen molar-refractivity contribution in [1.82, 2.24) is 0 Å². The number of nitrogens with one attached hydrogen (secondary N) is 1. The molecule has 2 aromatic carbocycles. The van der Waals surface area contributed by atoms with Crippen LogP contribution in [0.15, 0.2) is 43.0 Å². The lowest BCUT2D eigenvalue weighted by molar-refractivity contribution is -0.384. The molecule has 0 saturated heterocycles. The summed E-state index contributed by atoms with van der Waals surface area (Å²) < 4.78 is 0. The van der Waals surface area contributed by atoms with Crippen molar-refractivity contribution in [3.8, 4) is 0 Å². The first-order valence-corrected chi connectivity index (χ1v) is 8.21. The van der Waals surface area contributed by atoms with E-state index in [0.29, 0.717) is 32.4 Å². The van der Waals surface area contributed by atoms with Crippen molar-refractivity contribution in [3.05, 3.63) is 74.3 Å². The van der Waals surface area contributed by atoms with Crippen molar-refractivity contribution in [1.29, 1.82) is 0 Å². The van der Waals surface area contributed by atoms with Crippen LogP contribution < -0.4 is 5.32 Å². The first-order chi connectivity index (χ1) is 11.7. The number of non-ortho nitro benzene ring substituents is 1. The van der Waals surface area contributed by atoms with Gasteiger partial charge in [-0.2, -0.15) is 0 Å². The minimum Gasteiger partial charge on any atom is -0.325 e. The third kappa shape index (κ3) is 4.18. The van der Waals surface area contributed by atoms with Gasteiger partial charge in [0.2, 0.25) is 5.91 Å². The Labute approximate surface area is 155 Å². The molecule has 1 N–H and O–H groups in total. The van der Waals surface area contributed by atoms with E-state index < -0.39 is 4.92 Å². The van der Waals surface area contributed by atoms with Crippen LogP contribution in [0.2, 0.25) is 10.0 Å². The molecule has 0 radical (unpaired) electrons. The van der Waals surface area contributed by atoms with Gasteiger partial charge in [0.05, 0.1) is 4.92 Å². The number of carbonyl (C=O) groups is 1. The highest BCUT2D eigenvalue weighted by Crippen LogP contribution is 2.38. The Morgan fingerprint density at radius 2 is 1.80 bits per heavy atom. The van der Waals surface area contributed by atoms with Crippen LogP contribution in [0.5, 0.6) is 0 Å². The Balaban J connectivity index is 2.60. The average Bonchev–Trinajstić information content (AvgIpc) is 2.54. The van der Waals surface area contributed by atoms with Gasteiger partial charge < -0.3 is 5.32 Å². The predicted molar refractivity (Wildman–Crippen MR) is 101 cm³/mol. The van der Waals surface area contributed by atoms with Crippen LogP contribution in [0.25, 0.3) is 5.57 Å². The predicted octanol–water partition coefficient (Wildman–Crippen LogP) is 5.56. The summed E-state index contributed by atoms with van der Waals surface area (Å²) in [6.07, 6.45) is 0. The monoisotopic (exact) mass is 378 g/mol. The van der Waals surface area contributed by atoms with E-state index in [1.165, 1.54) is 18.2 Å². The van der Waals surface area contributed by atoms with E-state index in [1.54, 1.807) is 32.0 Å². The molecule has 0 fully saturated rings. The number of halogens is 2. The van der Waals surface area contributed by atoms with Crippen LogP contribution in [-0.2, 0) is 4.79 Å². The molecule has 5 nitrogen and oxygen atoms in total. The van der Waals surface area contributed by atoms with Crippen molar-refractivity contribution in [2.24, 2.45) is 5.92 Å². The Morgan fingerprint density at radius 3 is 2.32 bits per heavy atom. The summed E-state index contributed by atoms with van der Waals surface area (Å²) >= 11 is 12.4. The maximum Gasteiger partial charge on any atom is 0.270 e. The molecular formula is C18H16Cl2N2O3. The summed E-state index contributed by atoms with van der Waals surface area (Å²) in [7, 11) is 0. The summed E-state index contributed by atoms with van der Waals surface area (Å²) in [6, 6.07) is 9.13. The number of hydrogen-bond acceptors (Lipinski definition) is 3. The number of amides is 1. The van der Waals surface area contributed by atoms with Crippen LogP contribution in [0.4, 0.5) is 11.4 Å². The van der Waals surface area contributed by atoms with E-state index in [-0.39, 0.29) is 17.5 Å². The Hall–Kier alpha value is -2.37. The molecule has 0 aromatic heterocycles. The second-order valence-electron chi connectivity index (χ2n) is 5.71. The molecule has 0 bridgehead atoms. The van der Waals surface area contributed by atoms with Crippen molar-refractivity contribution in [2.45, 2.75) is 13.8 Å². The lowest BCUT2D eigenvalue weighted by Crippen LogP contribution is -2.18. The molecule has 25 heavy (non-hydrogen) atoms. The molecule has 0 spiro atoms. The molecule has 0 unspecified atom stereocenters. The van der Waals surface area contributed by atoms with Crippen LogP contribution in [0, 0.1) is 16.0 Å². The third-order valence-electron chi connectivity index (χ3n) is 3.59. The zero-order valence-corrected chi connectivity index (χ0v) is 15.2. The maximum absolute atomic E-state index is 12.0. The molecular weight excluding hydrogens is 363 g/mol. The van der Waals surface area contributed by atoms with E-state index >= 15 is 0 Å². The average molecular weight is 379 g/mol. The number of nitro groups is 1. The number of nitrogens with zero attached hydrogens (tertiary/aromatic N) is 1. The fraction of sp³-hybridized carbons (Fsp3) is 0.167. The molecule has 0 atom stereocenters. The number of anilines is 1. The van der Waals surface area contributed by atoms with Gasteiger partial charge in [-0.15, -0.1) is 0 Å². The molecule has 0 aliphatic carbocycles.